The average Bonchev–Trinajstić information content (AvgIpc) is 4.13. The minimum absolute atomic E-state index is 0.0000243. The quantitative estimate of drug-likeness (QED) is 0.160. The molecule has 9 aromatic rings. The number of para-hydroxylation sites is 2. The van der Waals surface area contributed by atoms with E-state index in [2.05, 4.69) is 269 Å². The third kappa shape index (κ3) is 7.50. The van der Waals surface area contributed by atoms with E-state index in [1.807, 2.05) is 0 Å². The van der Waals surface area contributed by atoms with Crippen molar-refractivity contribution in [3.05, 3.63) is 178 Å². The number of hydrogen-bond donors (Lipinski definition) is 0. The van der Waals surface area contributed by atoms with Gasteiger partial charge >= 0.3 is 0 Å². The summed E-state index contributed by atoms with van der Waals surface area (Å²) >= 11 is 2.12. The van der Waals surface area contributed by atoms with Crippen LogP contribution in [-0.4, -0.2) is 6.71 Å². The lowest BCUT2D eigenvalue weighted by Gasteiger charge is -2.47. The molecule has 7 aromatic carbocycles. The lowest BCUT2D eigenvalue weighted by Crippen LogP contribution is -2.61. The van der Waals surface area contributed by atoms with Gasteiger partial charge in [0, 0.05) is 66.3 Å². The van der Waals surface area contributed by atoms with E-state index < -0.39 is 0 Å². The first-order chi connectivity index (χ1) is 35.9. The summed E-state index contributed by atoms with van der Waals surface area (Å²) in [5.41, 5.74) is 22.5. The van der Waals surface area contributed by atoms with Crippen molar-refractivity contribution in [2.45, 2.75) is 155 Å². The largest absolute Gasteiger partial charge is 0.456 e. The Bertz CT molecular complexity index is 3820. The van der Waals surface area contributed by atoms with E-state index in [0.29, 0.717) is 0 Å². The average molecular weight is 1020 g/mol. The summed E-state index contributed by atoms with van der Waals surface area (Å²) in [5.74, 6) is 0. The smallest absolute Gasteiger partial charge is 0.264 e. The predicted molar refractivity (Wildman–Crippen MR) is 328 cm³/mol. The summed E-state index contributed by atoms with van der Waals surface area (Å²) in [6, 6.07) is 55.8. The first kappa shape index (κ1) is 49.1. The van der Waals surface area contributed by atoms with E-state index in [9.17, 15) is 0 Å². The minimum atomic E-state index is -0.0514. The highest BCUT2D eigenvalue weighted by atomic mass is 32.1. The maximum absolute atomic E-state index is 6.68. The SMILES string of the molecule is CC(C)(C)c1ccc(N2c3ccc(C(C)(C)C)cc3B3c4sc5c(c4N(c4ccc6c(c4)C(C)(C)CCC6(C)C)c4cc(N(c6ccccc6)c6ccc7c(c6)oc6ccccc67)cc2c43)C(C)(C)CCC5(C)C)cc1. The van der Waals surface area contributed by atoms with Gasteiger partial charge in [-0.25, -0.2) is 0 Å². The second-order valence-corrected chi connectivity index (χ2v) is 28.6. The van der Waals surface area contributed by atoms with Crippen LogP contribution in [0.4, 0.5) is 51.2 Å². The number of fused-ring (bicyclic) bond motifs is 10. The fourth-order valence-electron chi connectivity index (χ4n) is 13.6. The van der Waals surface area contributed by atoms with Crippen molar-refractivity contribution in [1.82, 2.24) is 0 Å². The molecular formula is C70H74BN3OS. The molecule has 4 aliphatic rings. The fourth-order valence-corrected chi connectivity index (χ4v) is 15.3. The zero-order valence-electron chi connectivity index (χ0n) is 47.4. The Morgan fingerprint density at radius 3 is 1.80 bits per heavy atom. The number of thiophene rings is 1. The summed E-state index contributed by atoms with van der Waals surface area (Å²) in [5, 5.41) is 2.26. The normalized spacial score (nSPS) is 17.7. The Morgan fingerprint density at radius 2 is 1.09 bits per heavy atom. The van der Waals surface area contributed by atoms with Crippen LogP contribution < -0.4 is 30.4 Å². The van der Waals surface area contributed by atoms with Crippen LogP contribution in [0.25, 0.3) is 21.9 Å². The molecule has 0 amide bonds. The molecule has 0 saturated heterocycles. The Hall–Kier alpha value is -6.50. The molecule has 0 radical (unpaired) electrons. The first-order valence-corrected chi connectivity index (χ1v) is 28.9. The topological polar surface area (TPSA) is 22.9 Å². The van der Waals surface area contributed by atoms with Crippen molar-refractivity contribution in [2.24, 2.45) is 0 Å². The molecular weight excluding hydrogens is 942 g/mol. The molecule has 0 unspecified atom stereocenters. The molecule has 76 heavy (non-hydrogen) atoms. The molecule has 6 heteroatoms. The molecule has 0 N–H and O–H groups in total. The lowest BCUT2D eigenvalue weighted by molar-refractivity contribution is 0.332. The number of benzene rings is 7. The van der Waals surface area contributed by atoms with Gasteiger partial charge in [0.05, 0.1) is 11.4 Å². The molecule has 0 spiro atoms. The highest BCUT2D eigenvalue weighted by Crippen LogP contribution is 2.58. The van der Waals surface area contributed by atoms with E-state index in [1.165, 1.54) is 78.4 Å². The van der Waals surface area contributed by atoms with E-state index in [1.54, 1.807) is 4.88 Å². The van der Waals surface area contributed by atoms with Gasteiger partial charge in [0.25, 0.3) is 6.71 Å². The maximum Gasteiger partial charge on any atom is 0.264 e. The molecule has 0 fully saturated rings. The van der Waals surface area contributed by atoms with Crippen LogP contribution in [0.5, 0.6) is 0 Å². The van der Waals surface area contributed by atoms with Crippen molar-refractivity contribution < 1.29 is 4.42 Å². The highest BCUT2D eigenvalue weighted by molar-refractivity contribution is 7.29. The van der Waals surface area contributed by atoms with Crippen molar-refractivity contribution in [3.63, 3.8) is 0 Å². The van der Waals surface area contributed by atoms with E-state index in [0.717, 1.165) is 64.0 Å². The van der Waals surface area contributed by atoms with Gasteiger partial charge in [-0.3, -0.25) is 0 Å². The number of hydrogen-bond acceptors (Lipinski definition) is 5. The van der Waals surface area contributed by atoms with Crippen LogP contribution in [0.1, 0.15) is 155 Å². The lowest BCUT2D eigenvalue weighted by atomic mass is 9.35. The van der Waals surface area contributed by atoms with Gasteiger partial charge in [-0.15, -0.1) is 0 Å². The van der Waals surface area contributed by atoms with Gasteiger partial charge in [0.1, 0.15) is 11.2 Å². The standard InChI is InChI=1S/C70H74BN3OS/c1-65(2,3)43-24-27-46(28-25-43)73-55-33-26-44(66(4,5)6)38-54(55)71-61-56(73)40-49(72(45-20-16-15-17-21-45)48-29-31-51-50-22-18-19-23-58(50)75-59(51)42-48)41-57(61)74(47-30-32-52-53(39-47)68(9,10)35-34-67(52,7)8)62-60-63(76-64(62)71)70(13,14)37-36-69(60,11)12/h15-33,38-42H,34-37H2,1-14H3. The third-order valence-electron chi connectivity index (χ3n) is 18.4. The zero-order valence-corrected chi connectivity index (χ0v) is 48.2. The van der Waals surface area contributed by atoms with Crippen LogP contribution in [0.2, 0.25) is 0 Å². The van der Waals surface area contributed by atoms with E-state index >= 15 is 0 Å². The summed E-state index contributed by atoms with van der Waals surface area (Å²) in [6.45, 7) is 34.0. The zero-order chi connectivity index (χ0) is 53.2. The molecule has 2 aliphatic carbocycles. The highest BCUT2D eigenvalue weighted by Gasteiger charge is 2.51. The maximum atomic E-state index is 6.68. The molecule has 0 atom stereocenters. The first-order valence-electron chi connectivity index (χ1n) is 28.0. The Labute approximate surface area is 456 Å². The minimum Gasteiger partial charge on any atom is -0.456 e. The van der Waals surface area contributed by atoms with Gasteiger partial charge in [0.15, 0.2) is 0 Å². The van der Waals surface area contributed by atoms with Crippen molar-refractivity contribution in [1.29, 1.82) is 0 Å². The summed E-state index contributed by atoms with van der Waals surface area (Å²) in [4.78, 5) is 9.41. The number of anilines is 9. The molecule has 13 rings (SSSR count). The van der Waals surface area contributed by atoms with Crippen LogP contribution in [0.15, 0.2) is 150 Å². The van der Waals surface area contributed by atoms with Crippen LogP contribution >= 0.6 is 11.3 Å². The van der Waals surface area contributed by atoms with Gasteiger partial charge in [-0.05, 0) is 170 Å². The second-order valence-electron chi connectivity index (χ2n) is 27.6. The van der Waals surface area contributed by atoms with Crippen LogP contribution in [-0.2, 0) is 32.5 Å². The molecule has 4 nitrogen and oxygen atoms in total. The molecule has 0 bridgehead atoms. The molecule has 4 heterocycles. The Balaban J connectivity index is 1.18. The number of nitrogens with zero attached hydrogens (tertiary/aromatic N) is 3. The van der Waals surface area contributed by atoms with Gasteiger partial charge in [-0.1, -0.05) is 164 Å². The van der Waals surface area contributed by atoms with Crippen molar-refractivity contribution in [2.75, 3.05) is 14.7 Å². The van der Waals surface area contributed by atoms with Crippen LogP contribution in [0.3, 0.4) is 0 Å². The molecule has 0 saturated carbocycles. The molecule has 2 aromatic heterocycles. The summed E-state index contributed by atoms with van der Waals surface area (Å²) < 4.78 is 8.15. The van der Waals surface area contributed by atoms with Gasteiger partial charge in [-0.2, -0.15) is 11.3 Å². The summed E-state index contributed by atoms with van der Waals surface area (Å²) in [6.07, 6.45) is 4.62. The number of rotatable bonds is 5. The Morgan fingerprint density at radius 1 is 0.487 bits per heavy atom. The molecule has 384 valence electrons. The number of furan rings is 1. The van der Waals surface area contributed by atoms with E-state index in [-0.39, 0.29) is 39.2 Å². The Kier molecular flexibility index (Phi) is 10.7. The van der Waals surface area contributed by atoms with Crippen molar-refractivity contribution >= 4 is 107 Å². The molecule has 2 aliphatic heterocycles. The third-order valence-corrected chi connectivity index (χ3v) is 20.0. The van der Waals surface area contributed by atoms with Gasteiger partial charge in [0.2, 0.25) is 0 Å². The van der Waals surface area contributed by atoms with Crippen molar-refractivity contribution in [3.8, 4) is 0 Å². The fraction of sp³-hybridized carbons (Fsp3) is 0.343. The van der Waals surface area contributed by atoms with E-state index in [4.69, 9.17) is 4.42 Å². The van der Waals surface area contributed by atoms with Crippen LogP contribution in [0, 0.1) is 0 Å². The summed E-state index contributed by atoms with van der Waals surface area (Å²) in [7, 11) is 0. The second kappa shape index (κ2) is 16.5. The monoisotopic (exact) mass is 1020 g/mol. The predicted octanol–water partition coefficient (Wildman–Crippen LogP) is 18.5. The van der Waals surface area contributed by atoms with Gasteiger partial charge < -0.3 is 19.1 Å².